The molecule has 2 aromatic rings. The van der Waals surface area contributed by atoms with Crippen LogP contribution in [0.3, 0.4) is 0 Å². The Morgan fingerprint density at radius 1 is 1.19 bits per heavy atom. The van der Waals surface area contributed by atoms with Crippen LogP contribution in [0.15, 0.2) is 41.2 Å². The van der Waals surface area contributed by atoms with Crippen molar-refractivity contribution >= 4 is 5.97 Å². The van der Waals surface area contributed by atoms with Crippen LogP contribution < -0.4 is 15.6 Å². The summed E-state index contributed by atoms with van der Waals surface area (Å²) in [7, 11) is 3.35. The van der Waals surface area contributed by atoms with Gasteiger partial charge in [-0.25, -0.2) is 4.79 Å². The molecule has 1 aromatic carbocycles. The number of ether oxygens (including phenoxy) is 2. The number of aromatic nitrogens is 1. The Hall–Kier alpha value is -2.85. The minimum atomic E-state index is -5.08. The first kappa shape index (κ1) is 25.4. The summed E-state index contributed by atoms with van der Waals surface area (Å²) in [5.74, 6) is -1.88. The standard InChI is InChI=1S/C20H26N2O3.C2HF3O2/c1-24-12-11-22-19-9-6-17(13-16(19)5-10-20(22)23)21-14-15-3-7-18(25-2)8-4-15;3-2(4,5)1(6)7/h3-5,7-8,10,17,21H,6,9,11-14H2,1-2H3;(H,6,7). The molecule has 0 bridgehead atoms. The molecule has 10 heteroatoms. The van der Waals surface area contributed by atoms with E-state index in [9.17, 15) is 18.0 Å². The van der Waals surface area contributed by atoms with Gasteiger partial charge in [-0.3, -0.25) is 4.79 Å². The van der Waals surface area contributed by atoms with Gasteiger partial charge in [0.1, 0.15) is 5.75 Å². The number of carboxylic acid groups (broad SMARTS) is 1. The molecule has 1 aromatic heterocycles. The highest BCUT2D eigenvalue weighted by Gasteiger charge is 2.38. The Balaban J connectivity index is 0.000000451. The van der Waals surface area contributed by atoms with Crippen LogP contribution in [0.5, 0.6) is 5.75 Å². The quantitative estimate of drug-likeness (QED) is 0.666. The molecular weight excluding hydrogens is 429 g/mol. The first-order valence-electron chi connectivity index (χ1n) is 10.0. The van der Waals surface area contributed by atoms with Gasteiger partial charge in [-0.15, -0.1) is 0 Å². The summed E-state index contributed by atoms with van der Waals surface area (Å²) in [4.78, 5) is 21.0. The van der Waals surface area contributed by atoms with E-state index in [-0.39, 0.29) is 5.56 Å². The van der Waals surface area contributed by atoms with Crippen LogP contribution in [0.4, 0.5) is 13.2 Å². The number of benzene rings is 1. The smallest absolute Gasteiger partial charge is 0.490 e. The van der Waals surface area contributed by atoms with Gasteiger partial charge in [0, 0.05) is 38.0 Å². The molecule has 3 rings (SSSR count). The molecule has 1 aliphatic carbocycles. The van der Waals surface area contributed by atoms with Gasteiger partial charge in [-0.2, -0.15) is 13.2 Å². The number of fused-ring (bicyclic) bond motifs is 1. The average Bonchev–Trinajstić information content (AvgIpc) is 2.77. The Bertz CT molecular complexity index is 942. The van der Waals surface area contributed by atoms with Crippen LogP contribution in [-0.4, -0.2) is 48.7 Å². The third-order valence-corrected chi connectivity index (χ3v) is 5.10. The summed E-state index contributed by atoms with van der Waals surface area (Å²) in [6.45, 7) is 2.03. The van der Waals surface area contributed by atoms with Gasteiger partial charge in [0.05, 0.1) is 13.7 Å². The van der Waals surface area contributed by atoms with Crippen molar-refractivity contribution in [2.45, 2.75) is 44.6 Å². The number of carbonyl (C=O) groups is 1. The minimum Gasteiger partial charge on any atom is -0.497 e. The first-order valence-corrected chi connectivity index (χ1v) is 10.0. The van der Waals surface area contributed by atoms with Gasteiger partial charge in [-0.05, 0) is 42.5 Å². The summed E-state index contributed by atoms with van der Waals surface area (Å²) >= 11 is 0. The number of alkyl halides is 3. The number of halogens is 3. The van der Waals surface area contributed by atoms with Crippen LogP contribution >= 0.6 is 0 Å². The topological polar surface area (TPSA) is 89.8 Å². The average molecular weight is 456 g/mol. The molecule has 0 fully saturated rings. The molecule has 176 valence electrons. The van der Waals surface area contributed by atoms with E-state index in [1.54, 1.807) is 20.3 Å². The number of carboxylic acids is 1. The van der Waals surface area contributed by atoms with E-state index in [0.717, 1.165) is 31.6 Å². The number of rotatable bonds is 7. The van der Waals surface area contributed by atoms with E-state index in [1.165, 1.54) is 16.8 Å². The normalized spacial score (nSPS) is 15.3. The Morgan fingerprint density at radius 2 is 1.84 bits per heavy atom. The highest BCUT2D eigenvalue weighted by molar-refractivity contribution is 5.73. The second-order valence-corrected chi connectivity index (χ2v) is 7.26. The van der Waals surface area contributed by atoms with Crippen LogP contribution in [0.2, 0.25) is 0 Å². The van der Waals surface area contributed by atoms with Crippen molar-refractivity contribution in [3.05, 3.63) is 63.6 Å². The van der Waals surface area contributed by atoms with Crippen molar-refractivity contribution in [3.8, 4) is 5.75 Å². The fraction of sp³-hybridized carbons (Fsp3) is 0.455. The van der Waals surface area contributed by atoms with Crippen LogP contribution in [0.25, 0.3) is 0 Å². The summed E-state index contributed by atoms with van der Waals surface area (Å²) < 4.78 is 43.9. The summed E-state index contributed by atoms with van der Waals surface area (Å²) in [6, 6.07) is 12.3. The predicted molar refractivity (Wildman–Crippen MR) is 112 cm³/mol. The second-order valence-electron chi connectivity index (χ2n) is 7.26. The van der Waals surface area contributed by atoms with Crippen molar-refractivity contribution in [2.75, 3.05) is 20.8 Å². The molecule has 1 atom stereocenters. The van der Waals surface area contributed by atoms with Crippen LogP contribution in [-0.2, 0) is 35.5 Å². The van der Waals surface area contributed by atoms with Crippen molar-refractivity contribution < 1.29 is 32.5 Å². The van der Waals surface area contributed by atoms with Crippen LogP contribution in [0, 0.1) is 0 Å². The minimum absolute atomic E-state index is 0.0699. The van der Waals surface area contributed by atoms with E-state index in [0.29, 0.717) is 19.2 Å². The summed E-state index contributed by atoms with van der Waals surface area (Å²) in [6.07, 6.45) is -2.16. The second kappa shape index (κ2) is 11.7. The maximum Gasteiger partial charge on any atom is 0.490 e. The number of aliphatic carboxylic acids is 1. The van der Waals surface area contributed by atoms with E-state index < -0.39 is 12.1 Å². The molecule has 2 N–H and O–H groups in total. The fourth-order valence-corrected chi connectivity index (χ4v) is 3.43. The van der Waals surface area contributed by atoms with E-state index in [2.05, 4.69) is 17.4 Å². The lowest BCUT2D eigenvalue weighted by atomic mass is 9.91. The zero-order chi connectivity index (χ0) is 23.7. The summed E-state index contributed by atoms with van der Waals surface area (Å²) in [5, 5.41) is 10.8. The monoisotopic (exact) mass is 456 g/mol. The first-order chi connectivity index (χ1) is 15.2. The molecule has 0 saturated heterocycles. The summed E-state index contributed by atoms with van der Waals surface area (Å²) in [5.41, 5.74) is 3.76. The lowest BCUT2D eigenvalue weighted by Crippen LogP contribution is -2.37. The number of hydrogen-bond acceptors (Lipinski definition) is 5. The zero-order valence-electron chi connectivity index (χ0n) is 17.9. The fourth-order valence-electron chi connectivity index (χ4n) is 3.43. The number of nitrogens with zero attached hydrogens (tertiary/aromatic N) is 1. The molecule has 0 aliphatic heterocycles. The van der Waals surface area contributed by atoms with Gasteiger partial charge < -0.3 is 24.5 Å². The molecule has 0 radical (unpaired) electrons. The van der Waals surface area contributed by atoms with Crippen molar-refractivity contribution in [2.24, 2.45) is 0 Å². The highest BCUT2D eigenvalue weighted by atomic mass is 19.4. The molecule has 0 amide bonds. The molecule has 1 heterocycles. The van der Waals surface area contributed by atoms with Crippen molar-refractivity contribution in [1.82, 2.24) is 9.88 Å². The number of pyridine rings is 1. The largest absolute Gasteiger partial charge is 0.497 e. The van der Waals surface area contributed by atoms with Crippen molar-refractivity contribution in [1.29, 1.82) is 0 Å². The van der Waals surface area contributed by atoms with Crippen molar-refractivity contribution in [3.63, 3.8) is 0 Å². The van der Waals surface area contributed by atoms with Gasteiger partial charge in [0.2, 0.25) is 0 Å². The lowest BCUT2D eigenvalue weighted by molar-refractivity contribution is -0.192. The van der Waals surface area contributed by atoms with Gasteiger partial charge in [0.25, 0.3) is 5.56 Å². The third-order valence-electron chi connectivity index (χ3n) is 5.10. The maximum absolute atomic E-state index is 12.1. The number of hydrogen-bond donors (Lipinski definition) is 2. The molecule has 7 nitrogen and oxygen atoms in total. The van der Waals surface area contributed by atoms with E-state index in [4.69, 9.17) is 19.4 Å². The molecular formula is C22H27F3N2O5. The van der Waals surface area contributed by atoms with E-state index in [1.807, 2.05) is 22.8 Å². The molecule has 0 saturated carbocycles. The van der Waals surface area contributed by atoms with Gasteiger partial charge in [0.15, 0.2) is 0 Å². The molecule has 1 unspecified atom stereocenters. The number of methoxy groups -OCH3 is 2. The third kappa shape index (κ3) is 7.38. The van der Waals surface area contributed by atoms with E-state index >= 15 is 0 Å². The maximum atomic E-state index is 12.1. The Labute approximate surface area is 183 Å². The van der Waals surface area contributed by atoms with Gasteiger partial charge in [-0.1, -0.05) is 18.2 Å². The lowest BCUT2D eigenvalue weighted by Gasteiger charge is -2.28. The molecule has 1 aliphatic rings. The predicted octanol–water partition coefficient (Wildman–Crippen LogP) is 2.78. The number of nitrogens with one attached hydrogen (secondary N) is 1. The SMILES string of the molecule is COCCn1c2c(ccc1=O)CC(NCc1ccc(OC)cc1)CC2.O=C(O)C(F)(F)F. The highest BCUT2D eigenvalue weighted by Crippen LogP contribution is 2.21. The molecule has 0 spiro atoms. The Kier molecular flexibility index (Phi) is 9.27. The zero-order valence-corrected chi connectivity index (χ0v) is 17.9. The molecule has 32 heavy (non-hydrogen) atoms. The van der Waals surface area contributed by atoms with Crippen LogP contribution in [0.1, 0.15) is 23.2 Å². The van der Waals surface area contributed by atoms with Gasteiger partial charge >= 0.3 is 12.1 Å². The Morgan fingerprint density at radius 3 is 2.41 bits per heavy atom.